The van der Waals surface area contributed by atoms with Gasteiger partial charge in [-0.25, -0.2) is 9.97 Å². The molecule has 0 spiro atoms. The van der Waals surface area contributed by atoms with Crippen LogP contribution in [0.15, 0.2) is 30.3 Å². The van der Waals surface area contributed by atoms with Gasteiger partial charge in [0.25, 0.3) is 5.91 Å². The van der Waals surface area contributed by atoms with Crippen molar-refractivity contribution in [2.75, 3.05) is 26.7 Å². The predicted molar refractivity (Wildman–Crippen MR) is 129 cm³/mol. The van der Waals surface area contributed by atoms with Crippen molar-refractivity contribution in [1.29, 1.82) is 0 Å². The third-order valence-electron chi connectivity index (χ3n) is 6.97. The molecule has 7 nitrogen and oxygen atoms in total. The number of rotatable bonds is 6. The maximum atomic E-state index is 13.5. The van der Waals surface area contributed by atoms with Crippen LogP contribution < -0.4 is 10.1 Å². The zero-order valence-electron chi connectivity index (χ0n) is 19.6. The summed E-state index contributed by atoms with van der Waals surface area (Å²) in [5.41, 5.74) is 4.16. The molecule has 2 aliphatic rings. The normalized spacial score (nSPS) is 17.5. The van der Waals surface area contributed by atoms with Gasteiger partial charge in [-0.3, -0.25) is 9.69 Å². The first kappa shape index (κ1) is 21.9. The molecule has 7 heteroatoms. The molecule has 1 fully saturated rings. The lowest BCUT2D eigenvalue weighted by Gasteiger charge is -2.29. The van der Waals surface area contributed by atoms with Crippen LogP contribution in [0.3, 0.4) is 0 Å². The monoisotopic (exact) mass is 447 g/mol. The first-order valence-electron chi connectivity index (χ1n) is 12.2. The summed E-state index contributed by atoms with van der Waals surface area (Å²) in [5, 5.41) is 3.22. The van der Waals surface area contributed by atoms with Crippen LogP contribution in [0, 0.1) is 6.92 Å². The minimum Gasteiger partial charge on any atom is -0.496 e. The van der Waals surface area contributed by atoms with Gasteiger partial charge in [-0.1, -0.05) is 24.6 Å². The minimum atomic E-state index is -0.0853. The standard InChI is InChI=1S/C26H33N5O2/c1-18-16-20(24-25(28-18)31-15-7-3-4-12-23(31)29-24)26(32)27-17-21(30-13-8-9-14-30)19-10-5-6-11-22(19)33-2/h5-6,10-11,16,21H,3-4,7-9,12-15,17H2,1-2H3,(H,27,32). The summed E-state index contributed by atoms with van der Waals surface area (Å²) < 4.78 is 7.86. The van der Waals surface area contributed by atoms with Gasteiger partial charge in [-0.05, 0) is 57.8 Å². The molecule has 0 aliphatic carbocycles. The summed E-state index contributed by atoms with van der Waals surface area (Å²) in [7, 11) is 1.71. The van der Waals surface area contributed by atoms with E-state index in [1.165, 1.54) is 19.3 Å². The molecule has 4 heterocycles. The largest absolute Gasteiger partial charge is 0.496 e. The first-order chi connectivity index (χ1) is 16.2. The summed E-state index contributed by atoms with van der Waals surface area (Å²) >= 11 is 0. The molecule has 1 saturated heterocycles. The molecule has 174 valence electrons. The number of aryl methyl sites for hydroxylation is 3. The zero-order chi connectivity index (χ0) is 22.8. The number of likely N-dealkylation sites (tertiary alicyclic amines) is 1. The number of carbonyl (C=O) groups excluding carboxylic acids is 1. The molecule has 0 saturated carbocycles. The van der Waals surface area contributed by atoms with Crippen molar-refractivity contribution < 1.29 is 9.53 Å². The highest BCUT2D eigenvalue weighted by molar-refractivity contribution is 6.04. The Balaban J connectivity index is 1.43. The van der Waals surface area contributed by atoms with Gasteiger partial charge >= 0.3 is 0 Å². The van der Waals surface area contributed by atoms with Crippen molar-refractivity contribution in [1.82, 2.24) is 24.8 Å². The lowest BCUT2D eigenvalue weighted by atomic mass is 10.0. The Morgan fingerprint density at radius 2 is 1.88 bits per heavy atom. The van der Waals surface area contributed by atoms with Crippen molar-refractivity contribution in [3.63, 3.8) is 0 Å². The second kappa shape index (κ2) is 9.51. The average molecular weight is 448 g/mol. The molecule has 33 heavy (non-hydrogen) atoms. The van der Waals surface area contributed by atoms with E-state index in [0.29, 0.717) is 12.1 Å². The molecule has 2 aliphatic heterocycles. The summed E-state index contributed by atoms with van der Waals surface area (Å²) in [6.07, 6.45) is 6.80. The Kier molecular flexibility index (Phi) is 6.31. The number of hydrogen-bond donors (Lipinski definition) is 1. The van der Waals surface area contributed by atoms with Gasteiger partial charge in [0.05, 0.1) is 18.7 Å². The van der Waals surface area contributed by atoms with Crippen LogP contribution in [0.1, 0.15) is 65.6 Å². The van der Waals surface area contributed by atoms with E-state index in [2.05, 4.69) is 20.9 Å². The van der Waals surface area contributed by atoms with Crippen molar-refractivity contribution >= 4 is 17.1 Å². The summed E-state index contributed by atoms with van der Waals surface area (Å²) in [5.74, 6) is 1.83. The van der Waals surface area contributed by atoms with Gasteiger partial charge in [-0.2, -0.15) is 0 Å². The Morgan fingerprint density at radius 3 is 2.70 bits per heavy atom. The number of carbonyl (C=O) groups is 1. The van der Waals surface area contributed by atoms with E-state index >= 15 is 0 Å². The van der Waals surface area contributed by atoms with Crippen molar-refractivity contribution in [3.05, 3.63) is 53.0 Å². The number of ether oxygens (including phenoxy) is 1. The lowest BCUT2D eigenvalue weighted by Crippen LogP contribution is -2.37. The molecule has 5 rings (SSSR count). The topological polar surface area (TPSA) is 72.3 Å². The number of amides is 1. The van der Waals surface area contributed by atoms with Gasteiger partial charge in [0.1, 0.15) is 17.1 Å². The molecule has 1 N–H and O–H groups in total. The molecule has 2 aromatic heterocycles. The van der Waals surface area contributed by atoms with Crippen LogP contribution in [-0.2, 0) is 13.0 Å². The number of pyridine rings is 1. The molecule has 1 atom stereocenters. The van der Waals surface area contributed by atoms with E-state index in [1.807, 2.05) is 31.2 Å². The summed E-state index contributed by atoms with van der Waals surface area (Å²) in [4.78, 5) is 25.5. The third-order valence-corrected chi connectivity index (χ3v) is 6.97. The van der Waals surface area contributed by atoms with Gasteiger partial charge in [0.15, 0.2) is 5.65 Å². The SMILES string of the molecule is COc1ccccc1C(CNC(=O)c1cc(C)nc2c1nc1n2CCCCC1)N1CCCC1. The highest BCUT2D eigenvalue weighted by Crippen LogP contribution is 2.31. The average Bonchev–Trinajstić information content (AvgIpc) is 3.41. The second-order valence-electron chi connectivity index (χ2n) is 9.18. The molecule has 3 aromatic rings. The quantitative estimate of drug-likeness (QED) is 0.617. The Morgan fingerprint density at radius 1 is 1.09 bits per heavy atom. The number of nitrogens with one attached hydrogen (secondary N) is 1. The van der Waals surface area contributed by atoms with Crippen molar-refractivity contribution in [2.45, 2.75) is 58.0 Å². The van der Waals surface area contributed by atoms with E-state index < -0.39 is 0 Å². The van der Waals surface area contributed by atoms with Crippen LogP contribution in [0.4, 0.5) is 0 Å². The fourth-order valence-corrected chi connectivity index (χ4v) is 5.30. The van der Waals surface area contributed by atoms with Gasteiger partial charge in [0.2, 0.25) is 0 Å². The first-order valence-corrected chi connectivity index (χ1v) is 12.2. The summed E-state index contributed by atoms with van der Waals surface area (Å²) in [6, 6.07) is 10.1. The molecule has 0 bridgehead atoms. The minimum absolute atomic E-state index is 0.0738. The number of hydrogen-bond acceptors (Lipinski definition) is 5. The zero-order valence-corrected chi connectivity index (χ0v) is 19.6. The summed E-state index contributed by atoms with van der Waals surface area (Å²) in [6.45, 7) is 5.47. The number of methoxy groups -OCH3 is 1. The van der Waals surface area contributed by atoms with Crippen molar-refractivity contribution in [3.8, 4) is 5.75 Å². The number of benzene rings is 1. The molecule has 0 radical (unpaired) electrons. The van der Waals surface area contributed by atoms with E-state index in [0.717, 1.165) is 72.9 Å². The number of imidazole rings is 1. The number of para-hydroxylation sites is 1. The van der Waals surface area contributed by atoms with Crippen LogP contribution in [0.25, 0.3) is 11.2 Å². The van der Waals surface area contributed by atoms with Gasteiger partial charge in [0, 0.05) is 30.8 Å². The fraction of sp³-hybridized carbons (Fsp3) is 0.500. The molecular formula is C26H33N5O2. The van der Waals surface area contributed by atoms with Gasteiger partial charge < -0.3 is 14.6 Å². The third kappa shape index (κ3) is 4.34. The second-order valence-corrected chi connectivity index (χ2v) is 9.18. The van der Waals surface area contributed by atoms with Crippen LogP contribution in [-0.4, -0.2) is 52.1 Å². The maximum absolute atomic E-state index is 13.5. The van der Waals surface area contributed by atoms with Gasteiger partial charge in [-0.15, -0.1) is 0 Å². The Hall–Kier alpha value is -2.93. The number of aromatic nitrogens is 3. The molecular weight excluding hydrogens is 414 g/mol. The van der Waals surface area contributed by atoms with E-state index in [1.54, 1.807) is 7.11 Å². The van der Waals surface area contributed by atoms with Crippen LogP contribution in [0.2, 0.25) is 0 Å². The smallest absolute Gasteiger partial charge is 0.253 e. The molecule has 1 amide bonds. The fourth-order valence-electron chi connectivity index (χ4n) is 5.30. The van der Waals surface area contributed by atoms with E-state index in [-0.39, 0.29) is 11.9 Å². The van der Waals surface area contributed by atoms with Crippen molar-refractivity contribution in [2.24, 2.45) is 0 Å². The number of nitrogens with zero attached hydrogens (tertiary/aromatic N) is 4. The highest BCUT2D eigenvalue weighted by atomic mass is 16.5. The molecule has 1 aromatic carbocycles. The van der Waals surface area contributed by atoms with Crippen LogP contribution >= 0.6 is 0 Å². The lowest BCUT2D eigenvalue weighted by molar-refractivity contribution is 0.0938. The molecule has 1 unspecified atom stereocenters. The predicted octanol–water partition coefficient (Wildman–Crippen LogP) is 4.04. The number of fused-ring (bicyclic) bond motifs is 3. The Labute approximate surface area is 195 Å². The van der Waals surface area contributed by atoms with Crippen LogP contribution in [0.5, 0.6) is 5.75 Å². The highest BCUT2D eigenvalue weighted by Gasteiger charge is 2.27. The van der Waals surface area contributed by atoms with E-state index in [4.69, 9.17) is 14.7 Å². The van der Waals surface area contributed by atoms with E-state index in [9.17, 15) is 4.79 Å². The maximum Gasteiger partial charge on any atom is 0.253 e. The Bertz CT molecular complexity index is 1150.